The molecule has 1 aromatic carbocycles. The van der Waals surface area contributed by atoms with Crippen LogP contribution in [-0.2, 0) is 9.59 Å². The summed E-state index contributed by atoms with van der Waals surface area (Å²) in [7, 11) is 0. The first-order valence-corrected chi connectivity index (χ1v) is 14.8. The number of allylic oxidation sites excluding steroid dienone is 4. The Morgan fingerprint density at radius 1 is 0.737 bits per heavy atom. The van der Waals surface area contributed by atoms with Crippen LogP contribution in [0.1, 0.15) is 123 Å². The maximum absolute atomic E-state index is 13.8. The number of phenols is 2. The highest BCUT2D eigenvalue weighted by Crippen LogP contribution is 2.54. The summed E-state index contributed by atoms with van der Waals surface area (Å²) < 4.78 is 0. The van der Waals surface area contributed by atoms with E-state index in [4.69, 9.17) is 0 Å². The van der Waals surface area contributed by atoms with E-state index in [2.05, 4.69) is 39.5 Å². The number of hydrogen-bond donors (Lipinski definition) is 2. The minimum Gasteiger partial charge on any atom is -0.504 e. The number of unbranched alkanes of at least 4 members (excludes halogenated alkanes) is 7. The third-order valence-corrected chi connectivity index (χ3v) is 8.59. The summed E-state index contributed by atoms with van der Waals surface area (Å²) in [5, 5.41) is 20.3. The van der Waals surface area contributed by atoms with Gasteiger partial charge in [-0.3, -0.25) is 9.59 Å². The minimum atomic E-state index is -0.492. The van der Waals surface area contributed by atoms with Crippen LogP contribution in [0.4, 0.5) is 0 Å². The normalized spacial score (nSPS) is 21.1. The molecule has 0 unspecified atom stereocenters. The highest BCUT2D eigenvalue weighted by atomic mass is 16.3. The fourth-order valence-electron chi connectivity index (χ4n) is 6.77. The number of rotatable bonds is 10. The Kier molecular flexibility index (Phi) is 8.44. The molecule has 38 heavy (non-hydrogen) atoms. The summed E-state index contributed by atoms with van der Waals surface area (Å²) >= 11 is 0. The first-order chi connectivity index (χ1) is 17.9. The highest BCUT2D eigenvalue weighted by Gasteiger charge is 2.48. The number of Topliss-reactive ketones (excluding diaryl/α,β-unsaturated/α-hetero) is 2. The zero-order valence-corrected chi connectivity index (χ0v) is 24.2. The summed E-state index contributed by atoms with van der Waals surface area (Å²) in [6.07, 6.45) is 12.3. The van der Waals surface area contributed by atoms with Gasteiger partial charge in [-0.2, -0.15) is 0 Å². The molecule has 1 heterocycles. The van der Waals surface area contributed by atoms with Crippen LogP contribution in [0.25, 0.3) is 0 Å². The molecule has 4 rings (SSSR count). The van der Waals surface area contributed by atoms with E-state index in [-0.39, 0.29) is 33.9 Å². The van der Waals surface area contributed by atoms with Crippen LogP contribution in [0.3, 0.4) is 0 Å². The first-order valence-electron chi connectivity index (χ1n) is 14.8. The second-order valence-corrected chi connectivity index (χ2v) is 13.4. The van der Waals surface area contributed by atoms with Gasteiger partial charge in [0.15, 0.2) is 23.1 Å². The lowest BCUT2D eigenvalue weighted by Gasteiger charge is -2.49. The average molecular weight is 522 g/mol. The summed E-state index contributed by atoms with van der Waals surface area (Å²) in [4.78, 5) is 30.0. The Morgan fingerprint density at radius 3 is 1.74 bits per heavy atom. The molecule has 0 fully saturated rings. The summed E-state index contributed by atoms with van der Waals surface area (Å²) in [5.41, 5.74) is 3.98. The second-order valence-electron chi connectivity index (χ2n) is 13.4. The van der Waals surface area contributed by atoms with E-state index in [1.54, 1.807) is 6.07 Å². The minimum absolute atomic E-state index is 0.0962. The predicted molar refractivity (Wildman–Crippen MR) is 152 cm³/mol. The van der Waals surface area contributed by atoms with Crippen molar-refractivity contribution < 1.29 is 19.8 Å². The van der Waals surface area contributed by atoms with Gasteiger partial charge in [-0.1, -0.05) is 85.6 Å². The monoisotopic (exact) mass is 521 g/mol. The average Bonchev–Trinajstić information content (AvgIpc) is 2.81. The van der Waals surface area contributed by atoms with E-state index in [1.807, 2.05) is 0 Å². The van der Waals surface area contributed by atoms with Crippen molar-refractivity contribution in [1.29, 1.82) is 0 Å². The zero-order chi connectivity index (χ0) is 27.7. The van der Waals surface area contributed by atoms with E-state index >= 15 is 0 Å². The van der Waals surface area contributed by atoms with Crippen molar-refractivity contribution >= 4 is 11.6 Å². The molecule has 0 radical (unpaired) electrons. The number of benzene rings is 1. The van der Waals surface area contributed by atoms with Crippen molar-refractivity contribution in [3.63, 3.8) is 0 Å². The van der Waals surface area contributed by atoms with E-state index in [9.17, 15) is 19.8 Å². The molecule has 0 saturated carbocycles. The van der Waals surface area contributed by atoms with Crippen molar-refractivity contribution in [2.75, 3.05) is 6.54 Å². The van der Waals surface area contributed by atoms with Gasteiger partial charge >= 0.3 is 0 Å². The van der Waals surface area contributed by atoms with Gasteiger partial charge in [-0.15, -0.1) is 0 Å². The molecular weight excluding hydrogens is 474 g/mol. The molecule has 5 nitrogen and oxygen atoms in total. The van der Waals surface area contributed by atoms with Gasteiger partial charge in [-0.25, -0.2) is 0 Å². The molecule has 1 aromatic rings. The van der Waals surface area contributed by atoms with E-state index in [0.717, 1.165) is 54.8 Å². The number of nitrogens with zero attached hydrogens (tertiary/aromatic N) is 1. The largest absolute Gasteiger partial charge is 0.504 e. The van der Waals surface area contributed by atoms with Crippen LogP contribution in [0.2, 0.25) is 0 Å². The Bertz CT molecular complexity index is 1090. The summed E-state index contributed by atoms with van der Waals surface area (Å²) in [6, 6.07) is 4.75. The first kappa shape index (κ1) is 28.4. The molecule has 208 valence electrons. The molecule has 5 heteroatoms. The van der Waals surface area contributed by atoms with Crippen LogP contribution < -0.4 is 0 Å². The third-order valence-electron chi connectivity index (χ3n) is 8.59. The van der Waals surface area contributed by atoms with Gasteiger partial charge in [-0.05, 0) is 47.8 Å². The molecule has 2 aliphatic carbocycles. The number of aromatic hydroxyl groups is 2. The van der Waals surface area contributed by atoms with Gasteiger partial charge in [0.05, 0.1) is 0 Å². The Morgan fingerprint density at radius 2 is 1.24 bits per heavy atom. The molecule has 0 bridgehead atoms. The molecule has 0 atom stereocenters. The van der Waals surface area contributed by atoms with E-state index in [1.165, 1.54) is 50.7 Å². The second kappa shape index (κ2) is 11.3. The van der Waals surface area contributed by atoms with Crippen LogP contribution in [0.5, 0.6) is 11.5 Å². The van der Waals surface area contributed by atoms with Crippen LogP contribution in [-0.4, -0.2) is 33.2 Å². The molecule has 0 saturated heterocycles. The summed E-state index contributed by atoms with van der Waals surface area (Å²) in [5.74, 6) is -0.719. The van der Waals surface area contributed by atoms with Crippen molar-refractivity contribution in [3.8, 4) is 11.5 Å². The number of carbonyl (C=O) groups is 2. The molecular formula is C33H47NO4. The van der Waals surface area contributed by atoms with E-state index < -0.39 is 5.92 Å². The van der Waals surface area contributed by atoms with Gasteiger partial charge in [0.1, 0.15) is 0 Å². The lowest BCUT2D eigenvalue weighted by atomic mass is 9.63. The van der Waals surface area contributed by atoms with Crippen LogP contribution in [0.15, 0.2) is 40.7 Å². The van der Waals surface area contributed by atoms with Crippen molar-refractivity contribution in [2.45, 2.75) is 118 Å². The van der Waals surface area contributed by atoms with E-state index in [0.29, 0.717) is 18.4 Å². The Labute approximate surface area is 229 Å². The molecule has 2 N–H and O–H groups in total. The van der Waals surface area contributed by atoms with Gasteiger partial charge in [0, 0.05) is 47.8 Å². The van der Waals surface area contributed by atoms with Gasteiger partial charge in [0.2, 0.25) is 0 Å². The lowest BCUT2D eigenvalue weighted by molar-refractivity contribution is -0.119. The molecule has 3 aliphatic rings. The maximum Gasteiger partial charge on any atom is 0.162 e. The predicted octanol–water partition coefficient (Wildman–Crippen LogP) is 7.92. The van der Waals surface area contributed by atoms with Crippen LogP contribution in [0, 0.1) is 10.8 Å². The molecule has 0 amide bonds. The van der Waals surface area contributed by atoms with Crippen LogP contribution >= 0.6 is 0 Å². The lowest BCUT2D eigenvalue weighted by Crippen LogP contribution is -2.44. The van der Waals surface area contributed by atoms with Crippen molar-refractivity contribution in [3.05, 3.63) is 46.3 Å². The standard InChI is InChI=1S/C33H47NO4/c1-6-7-8-9-10-11-12-13-16-34-23-18-32(2,3)20-27(37)30(23)29(22-14-15-25(35)26(36)17-22)31-24(34)19-33(4,5)21-28(31)38/h14-15,17,29,35-36H,6-13,16,18-21H2,1-5H3. The van der Waals surface area contributed by atoms with Crippen molar-refractivity contribution in [1.82, 2.24) is 4.90 Å². The molecule has 0 spiro atoms. The summed E-state index contributed by atoms with van der Waals surface area (Å²) in [6.45, 7) is 11.7. The number of ketones is 2. The number of phenolic OH excluding ortho intramolecular Hbond substituents is 2. The Hall–Kier alpha value is -2.56. The SMILES string of the molecule is CCCCCCCCCCN1C2=C(C(=O)CC(C)(C)C2)C(c2ccc(O)c(O)c2)C2=C1CC(C)(C)CC2=O. The van der Waals surface area contributed by atoms with Gasteiger partial charge < -0.3 is 15.1 Å². The smallest absolute Gasteiger partial charge is 0.162 e. The maximum atomic E-state index is 13.8. The number of hydrogen-bond acceptors (Lipinski definition) is 5. The Balaban J connectivity index is 1.73. The third kappa shape index (κ3) is 6.02. The molecule has 0 aromatic heterocycles. The van der Waals surface area contributed by atoms with Crippen molar-refractivity contribution in [2.24, 2.45) is 10.8 Å². The topological polar surface area (TPSA) is 77.8 Å². The molecule has 1 aliphatic heterocycles. The zero-order valence-electron chi connectivity index (χ0n) is 24.2. The fourth-order valence-corrected chi connectivity index (χ4v) is 6.77. The highest BCUT2D eigenvalue weighted by molar-refractivity contribution is 6.06. The fraction of sp³-hybridized carbons (Fsp3) is 0.636. The number of carbonyl (C=O) groups excluding carboxylic acids is 2. The quantitative estimate of drug-likeness (QED) is 0.241. The van der Waals surface area contributed by atoms with Gasteiger partial charge in [0.25, 0.3) is 0 Å².